The molecule has 6 rings (SSSR count). The van der Waals surface area contributed by atoms with Crippen molar-refractivity contribution >= 4 is 17.5 Å². The van der Waals surface area contributed by atoms with Gasteiger partial charge in [-0.05, 0) is 42.3 Å². The van der Waals surface area contributed by atoms with E-state index in [1.165, 1.54) is 12.1 Å². The van der Waals surface area contributed by atoms with Crippen LogP contribution in [0.15, 0.2) is 61.1 Å². The number of pyridine rings is 1. The Bertz CT molecular complexity index is 1490. The van der Waals surface area contributed by atoms with Crippen molar-refractivity contribution in [3.05, 3.63) is 83.7 Å². The van der Waals surface area contributed by atoms with Gasteiger partial charge in [-0.3, -0.25) is 14.6 Å². The summed E-state index contributed by atoms with van der Waals surface area (Å²) < 4.78 is 21.1. The van der Waals surface area contributed by atoms with Crippen LogP contribution < -0.4 is 0 Å². The molecule has 2 saturated heterocycles. The molecule has 37 heavy (non-hydrogen) atoms. The second-order valence-corrected chi connectivity index (χ2v) is 9.58. The molecule has 1 aromatic carbocycles. The Kier molecular flexibility index (Phi) is 5.68. The van der Waals surface area contributed by atoms with Crippen molar-refractivity contribution in [1.82, 2.24) is 29.4 Å². The van der Waals surface area contributed by atoms with Gasteiger partial charge < -0.3 is 14.5 Å². The lowest BCUT2D eigenvalue weighted by Crippen LogP contribution is -2.53. The first-order valence-corrected chi connectivity index (χ1v) is 12.2. The Labute approximate surface area is 212 Å². The highest BCUT2D eigenvalue weighted by atomic mass is 19.1. The van der Waals surface area contributed by atoms with Crippen LogP contribution in [0.4, 0.5) is 4.39 Å². The quantitative estimate of drug-likeness (QED) is 0.426. The zero-order valence-electron chi connectivity index (χ0n) is 20.4. The minimum Gasteiger partial charge on any atom is -0.338 e. The van der Waals surface area contributed by atoms with Crippen LogP contribution >= 0.6 is 0 Å². The highest BCUT2D eigenvalue weighted by Gasteiger charge is 2.45. The van der Waals surface area contributed by atoms with Crippen molar-refractivity contribution in [3.8, 4) is 11.3 Å². The molecular weight excluding hydrogens is 475 g/mol. The molecule has 2 fully saturated rings. The molecule has 2 amide bonds. The van der Waals surface area contributed by atoms with Gasteiger partial charge in [0, 0.05) is 42.2 Å². The second-order valence-electron chi connectivity index (χ2n) is 9.58. The summed E-state index contributed by atoms with van der Waals surface area (Å²) in [6, 6.07) is 11.7. The highest BCUT2D eigenvalue weighted by Crippen LogP contribution is 2.32. The number of ether oxygens (including phenoxy) is 1. The molecule has 2 atom stereocenters. The van der Waals surface area contributed by atoms with Crippen LogP contribution in [0.1, 0.15) is 47.5 Å². The third kappa shape index (κ3) is 4.13. The summed E-state index contributed by atoms with van der Waals surface area (Å²) in [5.41, 5.74) is 3.94. The molecule has 0 bridgehead atoms. The highest BCUT2D eigenvalue weighted by molar-refractivity contribution is 5.93. The number of piperazine rings is 1. The Hall–Kier alpha value is -4.18. The number of hydrogen-bond acceptors (Lipinski definition) is 6. The van der Waals surface area contributed by atoms with E-state index in [0.29, 0.717) is 30.0 Å². The number of halogens is 1. The minimum absolute atomic E-state index is 0.114. The monoisotopic (exact) mass is 500 g/mol. The summed E-state index contributed by atoms with van der Waals surface area (Å²) in [5.74, 6) is -0.550. The van der Waals surface area contributed by atoms with Crippen molar-refractivity contribution < 1.29 is 18.7 Å². The van der Waals surface area contributed by atoms with Crippen LogP contribution in [0.25, 0.3) is 16.9 Å². The van der Waals surface area contributed by atoms with Gasteiger partial charge in [0.2, 0.25) is 0 Å². The fourth-order valence-corrected chi connectivity index (χ4v) is 4.87. The van der Waals surface area contributed by atoms with Crippen molar-refractivity contribution in [2.45, 2.75) is 32.1 Å². The maximum absolute atomic E-state index is 13.5. The Morgan fingerprint density at radius 2 is 1.97 bits per heavy atom. The maximum atomic E-state index is 13.5. The van der Waals surface area contributed by atoms with Crippen LogP contribution in [0.3, 0.4) is 0 Å². The molecule has 5 heterocycles. The second kappa shape index (κ2) is 9.04. The number of amides is 2. The van der Waals surface area contributed by atoms with E-state index in [1.807, 2.05) is 26.0 Å². The summed E-state index contributed by atoms with van der Waals surface area (Å²) in [6.45, 7) is 5.10. The van der Waals surface area contributed by atoms with Gasteiger partial charge >= 0.3 is 0 Å². The van der Waals surface area contributed by atoms with E-state index in [0.717, 1.165) is 11.1 Å². The number of fused-ring (bicyclic) bond motifs is 2. The molecule has 0 radical (unpaired) electrons. The molecule has 0 saturated carbocycles. The third-order valence-corrected chi connectivity index (χ3v) is 6.84. The van der Waals surface area contributed by atoms with Gasteiger partial charge in [0.05, 0.1) is 18.4 Å². The molecule has 9 nitrogen and oxygen atoms in total. The first-order valence-electron chi connectivity index (χ1n) is 12.2. The van der Waals surface area contributed by atoms with Gasteiger partial charge in [-0.25, -0.2) is 13.9 Å². The third-order valence-electron chi connectivity index (χ3n) is 6.84. The predicted molar refractivity (Wildman–Crippen MR) is 132 cm³/mol. The molecule has 0 aliphatic carbocycles. The Morgan fingerprint density at radius 1 is 1.16 bits per heavy atom. The van der Waals surface area contributed by atoms with Crippen molar-refractivity contribution in [3.63, 3.8) is 0 Å². The number of carbonyl (C=O) groups excluding carboxylic acids is 2. The summed E-state index contributed by atoms with van der Waals surface area (Å²) in [4.78, 5) is 38.4. The SMILES string of the molecule is CC(C)c1cc(-c2ccc(F)cc2)nn2cc(C(=O)N3CCN4C(=O)C(c5cccnc5)OC4C3)nc12. The number of nitrogens with zero attached hydrogens (tertiary/aromatic N) is 6. The van der Waals surface area contributed by atoms with Crippen LogP contribution in [-0.2, 0) is 9.53 Å². The topological polar surface area (TPSA) is 92.9 Å². The molecule has 2 aliphatic rings. The number of imidazole rings is 1. The molecular formula is C27H25FN6O3. The van der Waals surface area contributed by atoms with Crippen molar-refractivity contribution in [1.29, 1.82) is 0 Å². The number of aromatic nitrogens is 4. The van der Waals surface area contributed by atoms with E-state index in [4.69, 9.17) is 4.74 Å². The number of benzene rings is 1. The molecule has 0 spiro atoms. The van der Waals surface area contributed by atoms with E-state index >= 15 is 0 Å². The van der Waals surface area contributed by atoms with Crippen LogP contribution in [0, 0.1) is 5.82 Å². The fourth-order valence-electron chi connectivity index (χ4n) is 4.87. The summed E-state index contributed by atoms with van der Waals surface area (Å²) in [6.07, 6.45) is 3.66. The molecule has 4 aromatic rings. The summed E-state index contributed by atoms with van der Waals surface area (Å²) in [5, 5.41) is 4.65. The van der Waals surface area contributed by atoms with E-state index in [-0.39, 0.29) is 35.8 Å². The van der Waals surface area contributed by atoms with Crippen LogP contribution in [0.2, 0.25) is 0 Å². The molecule has 2 aliphatic heterocycles. The molecule has 2 unspecified atom stereocenters. The van der Waals surface area contributed by atoms with E-state index in [2.05, 4.69) is 15.1 Å². The molecule has 3 aromatic heterocycles. The van der Waals surface area contributed by atoms with Gasteiger partial charge in [0.25, 0.3) is 11.8 Å². The fraction of sp³-hybridized carbons (Fsp3) is 0.296. The molecule has 188 valence electrons. The standard InChI is InChI=1S/C27H25FN6O3/c1-16(2)20-12-21(17-5-7-19(28)8-6-17)31-34-14-22(30-25(20)34)26(35)32-10-11-33-23(15-32)37-24(27(33)36)18-4-3-9-29-13-18/h3-9,12-14,16,23-24H,10-11,15H2,1-2H3. The van der Waals surface area contributed by atoms with Crippen molar-refractivity contribution in [2.75, 3.05) is 19.6 Å². The van der Waals surface area contributed by atoms with E-state index in [1.54, 1.807) is 51.1 Å². The first kappa shape index (κ1) is 23.2. The number of carbonyl (C=O) groups is 2. The lowest BCUT2D eigenvalue weighted by Gasteiger charge is -2.35. The molecule has 0 N–H and O–H groups in total. The average Bonchev–Trinajstić information content (AvgIpc) is 3.49. The van der Waals surface area contributed by atoms with Crippen LogP contribution in [-0.4, -0.2) is 67.1 Å². The van der Waals surface area contributed by atoms with Gasteiger partial charge in [-0.1, -0.05) is 19.9 Å². The Morgan fingerprint density at radius 3 is 2.70 bits per heavy atom. The van der Waals surface area contributed by atoms with E-state index < -0.39 is 12.3 Å². The first-order chi connectivity index (χ1) is 17.9. The molecule has 10 heteroatoms. The average molecular weight is 501 g/mol. The van der Waals surface area contributed by atoms with Gasteiger partial charge in [-0.2, -0.15) is 5.10 Å². The van der Waals surface area contributed by atoms with Gasteiger partial charge in [0.1, 0.15) is 11.5 Å². The normalized spacial score (nSPS) is 19.6. The lowest BCUT2D eigenvalue weighted by molar-refractivity contribution is -0.131. The summed E-state index contributed by atoms with van der Waals surface area (Å²) in [7, 11) is 0. The zero-order chi connectivity index (χ0) is 25.7. The van der Waals surface area contributed by atoms with Gasteiger partial charge in [0.15, 0.2) is 18.0 Å². The van der Waals surface area contributed by atoms with Crippen LogP contribution in [0.5, 0.6) is 0 Å². The lowest BCUT2D eigenvalue weighted by atomic mass is 10.0. The van der Waals surface area contributed by atoms with Gasteiger partial charge in [-0.15, -0.1) is 0 Å². The predicted octanol–water partition coefficient (Wildman–Crippen LogP) is 3.44. The maximum Gasteiger partial charge on any atom is 0.274 e. The zero-order valence-corrected chi connectivity index (χ0v) is 20.4. The minimum atomic E-state index is -0.716. The Balaban J connectivity index is 1.27. The number of rotatable bonds is 4. The largest absolute Gasteiger partial charge is 0.338 e. The smallest absolute Gasteiger partial charge is 0.274 e. The number of hydrogen-bond donors (Lipinski definition) is 0. The van der Waals surface area contributed by atoms with Crippen molar-refractivity contribution in [2.24, 2.45) is 0 Å². The van der Waals surface area contributed by atoms with E-state index in [9.17, 15) is 14.0 Å². The summed E-state index contributed by atoms with van der Waals surface area (Å²) >= 11 is 0.